The molecule has 1 amide bonds. The van der Waals surface area contributed by atoms with Gasteiger partial charge in [-0.3, -0.25) is 15.6 Å². The fraction of sp³-hybridized carbons (Fsp3) is 0.214. The van der Waals surface area contributed by atoms with Crippen molar-refractivity contribution in [1.29, 1.82) is 10.8 Å². The fourth-order valence-corrected chi connectivity index (χ4v) is 5.21. The summed E-state index contributed by atoms with van der Waals surface area (Å²) in [7, 11) is 0. The van der Waals surface area contributed by atoms with E-state index in [4.69, 9.17) is 15.6 Å². The van der Waals surface area contributed by atoms with Crippen LogP contribution in [0, 0.1) is 10.8 Å². The van der Waals surface area contributed by atoms with Crippen LogP contribution in [-0.4, -0.2) is 28.7 Å². The average molecular weight is 485 g/mol. The van der Waals surface area contributed by atoms with Gasteiger partial charge in [-0.05, 0) is 54.2 Å². The first-order valence-electron chi connectivity index (χ1n) is 11.5. The number of benzene rings is 2. The maximum Gasteiger partial charge on any atom is 0.229 e. The predicted molar refractivity (Wildman–Crippen MR) is 143 cm³/mol. The van der Waals surface area contributed by atoms with Gasteiger partial charge in [0, 0.05) is 0 Å². The predicted octanol–water partition coefficient (Wildman–Crippen LogP) is 6.20. The van der Waals surface area contributed by atoms with Crippen molar-refractivity contribution in [2.45, 2.75) is 38.6 Å². The van der Waals surface area contributed by atoms with Crippen molar-refractivity contribution >= 4 is 39.3 Å². The highest BCUT2D eigenvalue weighted by atomic mass is 32.1. The van der Waals surface area contributed by atoms with Crippen molar-refractivity contribution in [2.75, 3.05) is 0 Å². The second-order valence-corrected chi connectivity index (χ2v) is 9.42. The van der Waals surface area contributed by atoms with Crippen molar-refractivity contribution in [3.8, 4) is 11.1 Å². The van der Waals surface area contributed by atoms with Crippen molar-refractivity contribution in [3.05, 3.63) is 89.5 Å². The standard InChI is InChI=1S/C28H28N4O2S/c1-3-8-21-18(4-2)11-13-22(21)31-27(33)16-25(29)34-26(30)17-28-32-23-14-12-20(15-24(23)35-28)19-9-6-5-7-10-19/h3-10,12,14-15,22,29-30H,2,11,13,16-17H2,1H3,(H,31,33)/b8-3-,29-25?,30-26?. The lowest BCUT2D eigenvalue weighted by Gasteiger charge is -2.15. The van der Waals surface area contributed by atoms with Crippen LogP contribution in [0.15, 0.2) is 84.5 Å². The van der Waals surface area contributed by atoms with Crippen molar-refractivity contribution in [1.82, 2.24) is 10.3 Å². The number of hydrogen-bond acceptors (Lipinski definition) is 6. The van der Waals surface area contributed by atoms with Gasteiger partial charge >= 0.3 is 0 Å². The van der Waals surface area contributed by atoms with Gasteiger partial charge in [0.2, 0.25) is 5.91 Å². The molecule has 0 fully saturated rings. The molecule has 0 radical (unpaired) electrons. The van der Waals surface area contributed by atoms with Gasteiger partial charge in [0.25, 0.3) is 0 Å². The summed E-state index contributed by atoms with van der Waals surface area (Å²) in [5, 5.41) is 19.9. The van der Waals surface area contributed by atoms with E-state index in [1.807, 2.05) is 55.5 Å². The molecule has 0 saturated heterocycles. The molecule has 2 aromatic carbocycles. The molecule has 3 N–H and O–H groups in total. The van der Waals surface area contributed by atoms with Gasteiger partial charge in [-0.25, -0.2) is 4.98 Å². The summed E-state index contributed by atoms with van der Waals surface area (Å²) in [5.74, 6) is -0.651. The lowest BCUT2D eigenvalue weighted by molar-refractivity contribution is -0.120. The third kappa shape index (κ3) is 6.00. The molecule has 35 heavy (non-hydrogen) atoms. The minimum atomic E-state index is -0.298. The number of nitrogens with zero attached hydrogens (tertiary/aromatic N) is 1. The van der Waals surface area contributed by atoms with Crippen LogP contribution in [-0.2, 0) is 16.0 Å². The summed E-state index contributed by atoms with van der Waals surface area (Å²) in [4.78, 5) is 17.1. The minimum absolute atomic E-state index is 0.0949. The van der Waals surface area contributed by atoms with E-state index >= 15 is 0 Å². The van der Waals surface area contributed by atoms with Gasteiger partial charge in [-0.2, -0.15) is 0 Å². The van der Waals surface area contributed by atoms with Gasteiger partial charge in [0.15, 0.2) is 11.8 Å². The number of thiazole rings is 1. The summed E-state index contributed by atoms with van der Waals surface area (Å²) in [6, 6.07) is 16.2. The number of ether oxygens (including phenoxy) is 1. The quantitative estimate of drug-likeness (QED) is 0.262. The molecule has 0 bridgehead atoms. The SMILES string of the molecule is C=CC1=C(/C=C\C)C(NC(=O)CC(=N)OC(=N)Cc2nc3ccc(-c4ccccc4)cc3s2)CC1. The number of nitrogens with one attached hydrogen (secondary N) is 3. The highest BCUT2D eigenvalue weighted by molar-refractivity contribution is 7.18. The molecular weight excluding hydrogens is 456 g/mol. The summed E-state index contributed by atoms with van der Waals surface area (Å²) >= 11 is 1.50. The topological polar surface area (TPSA) is 98.9 Å². The van der Waals surface area contributed by atoms with Crippen molar-refractivity contribution < 1.29 is 9.53 Å². The van der Waals surface area contributed by atoms with E-state index in [9.17, 15) is 4.79 Å². The van der Waals surface area contributed by atoms with Crippen LogP contribution < -0.4 is 5.32 Å². The minimum Gasteiger partial charge on any atom is -0.429 e. The van der Waals surface area contributed by atoms with Gasteiger partial charge in [0.1, 0.15) is 11.4 Å². The Morgan fingerprint density at radius 2 is 2.00 bits per heavy atom. The molecule has 0 aliphatic heterocycles. The molecule has 178 valence electrons. The smallest absolute Gasteiger partial charge is 0.229 e. The maximum absolute atomic E-state index is 12.5. The Bertz CT molecular complexity index is 1340. The molecular formula is C28H28N4O2S. The Balaban J connectivity index is 1.32. The zero-order valence-corrected chi connectivity index (χ0v) is 20.5. The van der Waals surface area contributed by atoms with Crippen LogP contribution in [0.2, 0.25) is 0 Å². The Hall–Kier alpha value is -3.84. The lowest BCUT2D eigenvalue weighted by Crippen LogP contribution is -2.36. The number of carbonyl (C=O) groups is 1. The Morgan fingerprint density at radius 3 is 2.74 bits per heavy atom. The molecule has 4 rings (SSSR count). The van der Waals surface area contributed by atoms with Crippen LogP contribution in [0.1, 0.15) is 31.2 Å². The van der Waals surface area contributed by atoms with E-state index in [-0.39, 0.29) is 36.6 Å². The maximum atomic E-state index is 12.5. The number of carbonyl (C=O) groups excluding carboxylic acids is 1. The number of allylic oxidation sites excluding steroid dienone is 3. The second kappa shape index (κ2) is 11.1. The Labute approximate surface area is 209 Å². The van der Waals surface area contributed by atoms with Crippen LogP contribution in [0.3, 0.4) is 0 Å². The fourth-order valence-electron chi connectivity index (χ4n) is 4.20. The van der Waals surface area contributed by atoms with Gasteiger partial charge < -0.3 is 10.1 Å². The average Bonchev–Trinajstić information content (AvgIpc) is 3.41. The van der Waals surface area contributed by atoms with E-state index in [0.29, 0.717) is 0 Å². The molecule has 1 aliphatic carbocycles. The highest BCUT2D eigenvalue weighted by Crippen LogP contribution is 2.29. The summed E-state index contributed by atoms with van der Waals surface area (Å²) in [6.45, 7) is 5.79. The zero-order chi connectivity index (χ0) is 24.8. The third-order valence-corrected chi connectivity index (χ3v) is 6.81. The van der Waals surface area contributed by atoms with E-state index in [1.165, 1.54) is 11.3 Å². The first kappa shape index (κ1) is 24.3. The summed E-state index contributed by atoms with van der Waals surface area (Å²) in [6.07, 6.45) is 7.39. The number of hydrogen-bond donors (Lipinski definition) is 3. The molecule has 1 unspecified atom stereocenters. The van der Waals surface area contributed by atoms with Gasteiger partial charge in [0.05, 0.1) is 22.7 Å². The van der Waals surface area contributed by atoms with E-state index < -0.39 is 0 Å². The first-order chi connectivity index (χ1) is 17.0. The molecule has 1 heterocycles. The Kier molecular flexibility index (Phi) is 7.67. The number of fused-ring (bicyclic) bond motifs is 1. The van der Waals surface area contributed by atoms with Gasteiger partial charge in [-0.15, -0.1) is 11.3 Å². The van der Waals surface area contributed by atoms with E-state index in [2.05, 4.69) is 35.1 Å². The van der Waals surface area contributed by atoms with Crippen molar-refractivity contribution in [2.24, 2.45) is 0 Å². The van der Waals surface area contributed by atoms with E-state index in [1.54, 1.807) is 0 Å². The van der Waals surface area contributed by atoms with Crippen LogP contribution in [0.25, 0.3) is 21.3 Å². The van der Waals surface area contributed by atoms with Crippen molar-refractivity contribution in [3.63, 3.8) is 0 Å². The second-order valence-electron chi connectivity index (χ2n) is 8.30. The number of aromatic nitrogens is 1. The van der Waals surface area contributed by atoms with Crippen LogP contribution >= 0.6 is 11.3 Å². The largest absolute Gasteiger partial charge is 0.429 e. The number of amides is 1. The lowest BCUT2D eigenvalue weighted by atomic mass is 10.1. The third-order valence-electron chi connectivity index (χ3n) is 5.80. The molecule has 1 atom stereocenters. The molecule has 0 saturated carbocycles. The monoisotopic (exact) mass is 484 g/mol. The van der Waals surface area contributed by atoms with Crippen LogP contribution in [0.4, 0.5) is 0 Å². The number of rotatable bonds is 8. The van der Waals surface area contributed by atoms with E-state index in [0.717, 1.165) is 50.3 Å². The Morgan fingerprint density at radius 1 is 1.20 bits per heavy atom. The first-order valence-corrected chi connectivity index (χ1v) is 12.3. The highest BCUT2D eigenvalue weighted by Gasteiger charge is 2.24. The summed E-state index contributed by atoms with van der Waals surface area (Å²) in [5.41, 5.74) is 5.31. The molecule has 1 aromatic heterocycles. The molecule has 3 aromatic rings. The molecule has 1 aliphatic rings. The molecule has 7 heteroatoms. The normalized spacial score (nSPS) is 15.5. The van der Waals surface area contributed by atoms with Crippen LogP contribution in [0.5, 0.6) is 0 Å². The molecule has 0 spiro atoms. The molecule has 6 nitrogen and oxygen atoms in total. The zero-order valence-electron chi connectivity index (χ0n) is 19.6. The van der Waals surface area contributed by atoms with Gasteiger partial charge in [-0.1, -0.05) is 61.2 Å². The summed E-state index contributed by atoms with van der Waals surface area (Å²) < 4.78 is 6.36.